The maximum Gasteiger partial charge on any atom is 0.240 e. The smallest absolute Gasteiger partial charge is 0.240 e. The summed E-state index contributed by atoms with van der Waals surface area (Å²) in [5.41, 5.74) is 6.74. The van der Waals surface area contributed by atoms with E-state index in [1.165, 1.54) is 0 Å². The third kappa shape index (κ3) is 3.56. The molecule has 3 rings (SSSR count). The van der Waals surface area contributed by atoms with Crippen molar-refractivity contribution in [2.24, 2.45) is 11.7 Å². The van der Waals surface area contributed by atoms with Gasteiger partial charge in [0.1, 0.15) is 5.75 Å². The van der Waals surface area contributed by atoms with Crippen LogP contribution in [0.1, 0.15) is 31.2 Å². The van der Waals surface area contributed by atoms with E-state index in [4.69, 9.17) is 10.5 Å². The predicted octanol–water partition coefficient (Wildman–Crippen LogP) is 1.84. The van der Waals surface area contributed by atoms with Gasteiger partial charge in [0, 0.05) is 12.5 Å². The predicted molar refractivity (Wildman–Crippen MR) is 88.0 cm³/mol. The van der Waals surface area contributed by atoms with Gasteiger partial charge in [-0.25, -0.2) is 13.1 Å². The molecule has 1 saturated carbocycles. The first-order valence-corrected chi connectivity index (χ1v) is 9.06. The Kier molecular flexibility index (Phi) is 5.71. The molecular weight excluding hydrogens is 324 g/mol. The van der Waals surface area contributed by atoms with E-state index in [2.05, 4.69) is 4.72 Å². The number of halogens is 1. The Bertz CT molecular complexity index is 621. The first-order valence-electron chi connectivity index (χ1n) is 7.58. The second kappa shape index (κ2) is 7.17. The molecular formula is C15H23ClN2O3S. The van der Waals surface area contributed by atoms with E-state index in [0.29, 0.717) is 18.0 Å². The van der Waals surface area contributed by atoms with Gasteiger partial charge in [-0.15, -0.1) is 12.4 Å². The van der Waals surface area contributed by atoms with Gasteiger partial charge in [0.2, 0.25) is 10.0 Å². The van der Waals surface area contributed by atoms with Crippen LogP contribution in [-0.4, -0.2) is 27.6 Å². The Morgan fingerprint density at radius 1 is 1.27 bits per heavy atom. The molecule has 1 heterocycles. The molecule has 0 saturated heterocycles. The molecule has 0 aromatic heterocycles. The van der Waals surface area contributed by atoms with Crippen LogP contribution in [0.25, 0.3) is 0 Å². The van der Waals surface area contributed by atoms with E-state index in [0.717, 1.165) is 43.4 Å². The number of nitrogens with two attached hydrogens (primary N) is 1. The van der Waals surface area contributed by atoms with Crippen molar-refractivity contribution in [3.63, 3.8) is 0 Å². The van der Waals surface area contributed by atoms with Crippen LogP contribution < -0.4 is 15.2 Å². The number of fused-ring (bicyclic) bond motifs is 1. The van der Waals surface area contributed by atoms with E-state index in [1.807, 2.05) is 0 Å². The minimum absolute atomic E-state index is 0. The van der Waals surface area contributed by atoms with E-state index >= 15 is 0 Å². The van der Waals surface area contributed by atoms with E-state index < -0.39 is 10.0 Å². The molecule has 0 amide bonds. The molecule has 1 aromatic rings. The Hall–Kier alpha value is -0.820. The highest BCUT2D eigenvalue weighted by Gasteiger charge is 2.29. The molecule has 5 nitrogen and oxygen atoms in total. The molecule has 2 aliphatic rings. The van der Waals surface area contributed by atoms with Gasteiger partial charge in [-0.3, -0.25) is 0 Å². The van der Waals surface area contributed by atoms with Crippen molar-refractivity contribution in [2.75, 3.05) is 13.2 Å². The summed E-state index contributed by atoms with van der Waals surface area (Å²) in [5.74, 6) is 1.04. The number of ether oxygens (including phenoxy) is 1. The highest BCUT2D eigenvalue weighted by atomic mass is 35.5. The molecule has 0 bridgehead atoms. The zero-order chi connectivity index (χ0) is 14.9. The van der Waals surface area contributed by atoms with Crippen molar-refractivity contribution in [3.05, 3.63) is 23.8 Å². The van der Waals surface area contributed by atoms with E-state index in [1.54, 1.807) is 18.2 Å². The fourth-order valence-electron chi connectivity index (χ4n) is 3.24. The zero-order valence-electron chi connectivity index (χ0n) is 12.5. The summed E-state index contributed by atoms with van der Waals surface area (Å²) in [6.07, 6.45) is 4.84. The number of hydrogen-bond donors (Lipinski definition) is 2. The van der Waals surface area contributed by atoms with Gasteiger partial charge in [-0.2, -0.15) is 0 Å². The van der Waals surface area contributed by atoms with Crippen molar-refractivity contribution in [3.8, 4) is 5.75 Å². The van der Waals surface area contributed by atoms with Gasteiger partial charge >= 0.3 is 0 Å². The first-order chi connectivity index (χ1) is 10.1. The number of sulfonamides is 1. The molecule has 7 heteroatoms. The summed E-state index contributed by atoms with van der Waals surface area (Å²) >= 11 is 0. The maximum absolute atomic E-state index is 12.6. The minimum atomic E-state index is -3.49. The summed E-state index contributed by atoms with van der Waals surface area (Å²) < 4.78 is 33.4. The highest BCUT2D eigenvalue weighted by Crippen LogP contribution is 2.29. The SMILES string of the molecule is Cl.NCC1CCCCC1NS(=O)(=O)c1ccc2c(c1)CCO2. The van der Waals surface area contributed by atoms with Gasteiger partial charge in [0.05, 0.1) is 11.5 Å². The van der Waals surface area contributed by atoms with Crippen molar-refractivity contribution in [1.29, 1.82) is 0 Å². The number of hydrogen-bond acceptors (Lipinski definition) is 4. The molecule has 0 spiro atoms. The normalized spacial score (nSPS) is 24.2. The standard InChI is InChI=1S/C15H22N2O3S.ClH/c16-10-12-3-1-2-4-14(12)17-21(18,19)13-5-6-15-11(9-13)7-8-20-15;/h5-6,9,12,14,17H,1-4,7-8,10,16H2;1H. The maximum atomic E-state index is 12.6. The van der Waals surface area contributed by atoms with Crippen LogP contribution >= 0.6 is 12.4 Å². The monoisotopic (exact) mass is 346 g/mol. The Morgan fingerprint density at radius 2 is 2.05 bits per heavy atom. The molecule has 2 atom stereocenters. The number of rotatable bonds is 4. The number of nitrogens with one attached hydrogen (secondary N) is 1. The van der Waals surface area contributed by atoms with Crippen LogP contribution in [0.2, 0.25) is 0 Å². The molecule has 1 aromatic carbocycles. The van der Waals surface area contributed by atoms with Crippen LogP contribution in [0.3, 0.4) is 0 Å². The quantitative estimate of drug-likeness (QED) is 0.871. The lowest BCUT2D eigenvalue weighted by Gasteiger charge is -2.31. The van der Waals surface area contributed by atoms with Crippen molar-refractivity contribution in [1.82, 2.24) is 4.72 Å². The molecule has 124 valence electrons. The molecule has 1 aliphatic carbocycles. The summed E-state index contributed by atoms with van der Waals surface area (Å²) in [6.45, 7) is 1.16. The van der Waals surface area contributed by atoms with Gasteiger partial charge in [-0.05, 0) is 49.1 Å². The van der Waals surface area contributed by atoms with Gasteiger partial charge < -0.3 is 10.5 Å². The van der Waals surface area contributed by atoms with Gasteiger partial charge in [-0.1, -0.05) is 12.8 Å². The lowest BCUT2D eigenvalue weighted by molar-refractivity contribution is 0.296. The second-order valence-electron chi connectivity index (χ2n) is 5.88. The topological polar surface area (TPSA) is 81.4 Å². The fraction of sp³-hybridized carbons (Fsp3) is 0.600. The average molecular weight is 347 g/mol. The third-order valence-electron chi connectivity index (χ3n) is 4.49. The van der Waals surface area contributed by atoms with E-state index in [9.17, 15) is 8.42 Å². The van der Waals surface area contributed by atoms with Gasteiger partial charge in [0.25, 0.3) is 0 Å². The lowest BCUT2D eigenvalue weighted by atomic mass is 9.85. The highest BCUT2D eigenvalue weighted by molar-refractivity contribution is 7.89. The van der Waals surface area contributed by atoms with Crippen molar-refractivity contribution < 1.29 is 13.2 Å². The average Bonchev–Trinajstić information content (AvgIpc) is 2.95. The number of benzene rings is 1. The zero-order valence-corrected chi connectivity index (χ0v) is 14.1. The molecule has 1 aliphatic heterocycles. The van der Waals surface area contributed by atoms with Crippen LogP contribution in [0.4, 0.5) is 0 Å². The van der Waals surface area contributed by atoms with Gasteiger partial charge in [0.15, 0.2) is 0 Å². The van der Waals surface area contributed by atoms with E-state index in [-0.39, 0.29) is 24.4 Å². The minimum Gasteiger partial charge on any atom is -0.493 e. The third-order valence-corrected chi connectivity index (χ3v) is 5.98. The summed E-state index contributed by atoms with van der Waals surface area (Å²) in [4.78, 5) is 0.327. The molecule has 3 N–H and O–H groups in total. The molecule has 22 heavy (non-hydrogen) atoms. The van der Waals surface area contributed by atoms with Crippen molar-refractivity contribution in [2.45, 2.75) is 43.0 Å². The van der Waals surface area contributed by atoms with Crippen LogP contribution in [0, 0.1) is 5.92 Å². The summed E-state index contributed by atoms with van der Waals surface area (Å²) in [6, 6.07) is 5.05. The van der Waals surface area contributed by atoms with Crippen LogP contribution in [-0.2, 0) is 16.4 Å². The first kappa shape index (κ1) is 17.5. The largest absolute Gasteiger partial charge is 0.493 e. The Labute approximate surface area is 138 Å². The molecule has 2 unspecified atom stereocenters. The Morgan fingerprint density at radius 3 is 2.82 bits per heavy atom. The fourth-order valence-corrected chi connectivity index (χ4v) is 4.63. The molecule has 0 radical (unpaired) electrons. The van der Waals surface area contributed by atoms with Crippen molar-refractivity contribution >= 4 is 22.4 Å². The Balaban J connectivity index is 0.00000176. The van der Waals surface area contributed by atoms with Crippen LogP contribution in [0.15, 0.2) is 23.1 Å². The summed E-state index contributed by atoms with van der Waals surface area (Å²) in [7, 11) is -3.49. The second-order valence-corrected chi connectivity index (χ2v) is 7.59. The molecule has 1 fully saturated rings. The lowest BCUT2D eigenvalue weighted by Crippen LogP contribution is -2.44. The van der Waals surface area contributed by atoms with Crippen LogP contribution in [0.5, 0.6) is 5.75 Å². The summed E-state index contributed by atoms with van der Waals surface area (Å²) in [5, 5.41) is 0.